The highest BCUT2D eigenvalue weighted by Gasteiger charge is 2.38. The van der Waals surface area contributed by atoms with E-state index in [1.165, 1.54) is 11.7 Å². The lowest BCUT2D eigenvalue weighted by Crippen LogP contribution is -2.41. The molecular weight excluding hydrogens is 654 g/mol. The second-order valence-corrected chi connectivity index (χ2v) is 12.2. The van der Waals surface area contributed by atoms with Crippen molar-refractivity contribution in [3.63, 3.8) is 0 Å². The molecule has 0 radical (unpaired) electrons. The van der Waals surface area contributed by atoms with Crippen LogP contribution in [0, 0.1) is 0 Å². The Morgan fingerprint density at radius 1 is 1.09 bits per heavy atom. The van der Waals surface area contributed by atoms with Crippen molar-refractivity contribution in [2.45, 2.75) is 26.4 Å². The van der Waals surface area contributed by atoms with Gasteiger partial charge in [-0.1, -0.05) is 75.3 Å². The van der Waals surface area contributed by atoms with Crippen LogP contribution < -0.4 is 24.5 Å². The van der Waals surface area contributed by atoms with Gasteiger partial charge in [0.25, 0.3) is 11.5 Å². The third kappa shape index (κ3) is 4.93. The maximum absolute atomic E-state index is 14.4. The highest BCUT2D eigenvalue weighted by Crippen LogP contribution is 2.39. The van der Waals surface area contributed by atoms with E-state index < -0.39 is 17.6 Å². The van der Waals surface area contributed by atoms with Gasteiger partial charge < -0.3 is 14.4 Å². The van der Waals surface area contributed by atoms with Gasteiger partial charge in [-0.05, 0) is 49.7 Å². The molecule has 2 aliphatic heterocycles. The molecule has 0 aliphatic carbocycles. The van der Waals surface area contributed by atoms with Crippen LogP contribution >= 0.6 is 38.9 Å². The van der Waals surface area contributed by atoms with E-state index in [0.717, 1.165) is 21.4 Å². The first kappa shape index (κ1) is 29.1. The van der Waals surface area contributed by atoms with Gasteiger partial charge in [-0.2, -0.15) is 0 Å². The predicted octanol–water partition coefficient (Wildman–Crippen LogP) is 5.14. The number of benzene rings is 3. The van der Waals surface area contributed by atoms with Crippen LogP contribution in [0.3, 0.4) is 0 Å². The number of esters is 1. The Morgan fingerprint density at radius 3 is 2.58 bits per heavy atom. The molecule has 0 N–H and O–H groups in total. The predicted molar refractivity (Wildman–Crippen MR) is 169 cm³/mol. The summed E-state index contributed by atoms with van der Waals surface area (Å²) in [4.78, 5) is 48.6. The van der Waals surface area contributed by atoms with Crippen molar-refractivity contribution in [2.75, 3.05) is 18.6 Å². The Bertz CT molecular complexity index is 2030. The molecule has 6 rings (SSSR count). The number of aromatic nitrogens is 1. The third-order valence-electron chi connectivity index (χ3n) is 7.42. The minimum atomic E-state index is -0.900. The summed E-state index contributed by atoms with van der Waals surface area (Å²) in [6.45, 7) is 3.82. The molecule has 0 fully saturated rings. The Balaban J connectivity index is 1.61. The first-order chi connectivity index (χ1) is 20.7. The van der Waals surface area contributed by atoms with Gasteiger partial charge in [-0.3, -0.25) is 14.2 Å². The molecule has 8 nitrogen and oxygen atoms in total. The number of anilines is 1. The fourth-order valence-corrected chi connectivity index (χ4v) is 7.22. The monoisotopic (exact) mass is 677 g/mol. The smallest absolute Gasteiger partial charge is 0.338 e. The van der Waals surface area contributed by atoms with E-state index in [1.807, 2.05) is 54.6 Å². The summed E-state index contributed by atoms with van der Waals surface area (Å²) >= 11 is 11.1. The summed E-state index contributed by atoms with van der Waals surface area (Å²) in [5.74, 6) is -0.414. The van der Waals surface area contributed by atoms with E-state index in [-0.39, 0.29) is 34.7 Å². The number of ether oxygens (including phenoxy) is 2. The largest absolute Gasteiger partial charge is 0.496 e. The van der Waals surface area contributed by atoms with Crippen LogP contribution in [0.4, 0.5) is 5.69 Å². The highest BCUT2D eigenvalue weighted by atomic mass is 79.9. The molecule has 1 aromatic heterocycles. The topological polar surface area (TPSA) is 90.2 Å². The lowest BCUT2D eigenvalue weighted by atomic mass is 9.95. The Labute approximate surface area is 264 Å². The van der Waals surface area contributed by atoms with Crippen molar-refractivity contribution in [3.8, 4) is 5.75 Å². The molecule has 0 saturated carbocycles. The van der Waals surface area contributed by atoms with Crippen molar-refractivity contribution in [2.24, 2.45) is 4.99 Å². The van der Waals surface area contributed by atoms with Crippen molar-refractivity contribution >= 4 is 62.0 Å². The number of allylic oxidation sites excluding steroid dienone is 1. The van der Waals surface area contributed by atoms with E-state index in [4.69, 9.17) is 21.1 Å². The zero-order valence-corrected chi connectivity index (χ0v) is 26.5. The maximum Gasteiger partial charge on any atom is 0.338 e. The van der Waals surface area contributed by atoms with Crippen LogP contribution in [0.5, 0.6) is 5.75 Å². The number of hydrogen-bond donors (Lipinski definition) is 0. The molecule has 218 valence electrons. The van der Waals surface area contributed by atoms with Gasteiger partial charge in [-0.25, -0.2) is 9.79 Å². The van der Waals surface area contributed by atoms with Gasteiger partial charge in [0.1, 0.15) is 16.3 Å². The Kier molecular flexibility index (Phi) is 7.85. The van der Waals surface area contributed by atoms with Crippen molar-refractivity contribution in [1.29, 1.82) is 0 Å². The third-order valence-corrected chi connectivity index (χ3v) is 9.33. The summed E-state index contributed by atoms with van der Waals surface area (Å²) in [7, 11) is 1.53. The minimum Gasteiger partial charge on any atom is -0.496 e. The Morgan fingerprint density at radius 2 is 1.84 bits per heavy atom. The molecule has 0 spiro atoms. The zero-order valence-electron chi connectivity index (χ0n) is 23.4. The molecule has 1 atom stereocenters. The molecule has 0 bridgehead atoms. The molecule has 0 unspecified atom stereocenters. The summed E-state index contributed by atoms with van der Waals surface area (Å²) < 4.78 is 13.5. The van der Waals surface area contributed by atoms with Crippen LogP contribution in [0.2, 0.25) is 5.02 Å². The highest BCUT2D eigenvalue weighted by molar-refractivity contribution is 9.10. The first-order valence-corrected chi connectivity index (χ1v) is 15.4. The number of carbonyl (C=O) groups is 2. The van der Waals surface area contributed by atoms with Gasteiger partial charge in [0.2, 0.25) is 0 Å². The summed E-state index contributed by atoms with van der Waals surface area (Å²) in [6.07, 6.45) is 0. The molecule has 11 heteroatoms. The number of carbonyl (C=O) groups excluding carboxylic acids is 2. The molecule has 4 aromatic rings. The van der Waals surface area contributed by atoms with E-state index in [1.54, 1.807) is 30.9 Å². The quantitative estimate of drug-likeness (QED) is 0.264. The maximum atomic E-state index is 14.4. The van der Waals surface area contributed by atoms with Crippen molar-refractivity contribution < 1.29 is 19.1 Å². The van der Waals surface area contributed by atoms with E-state index in [2.05, 4.69) is 20.9 Å². The molecule has 3 heterocycles. The van der Waals surface area contributed by atoms with E-state index in [0.29, 0.717) is 38.1 Å². The number of thiazole rings is 1. The first-order valence-electron chi connectivity index (χ1n) is 13.5. The molecular formula is C32H25BrClN3O5S. The standard InChI is InChI=1S/C32H25BrClN3O5S/c1-4-42-31(40)25-17(2)35-32-37(27(25)21-15-19(33)13-14-24(21)41-3)30(39)28(43-32)26-20-10-6-8-12-23(20)36(29(26)38)16-18-9-5-7-11-22(18)34/h5-15,27H,4,16H2,1-3H3/b28-26-/t27-/m0/s1. The van der Waals surface area contributed by atoms with Crippen LogP contribution in [-0.2, 0) is 20.9 Å². The normalized spacial score (nSPS) is 17.0. The second kappa shape index (κ2) is 11.6. The SMILES string of the molecule is CCOC(=O)C1=C(C)N=c2s/c(=C3\C(=O)N(Cc4ccccc4Cl)c4ccccc43)c(=O)n2[C@H]1c1cc(Br)ccc1OC. The number of para-hydroxylation sites is 1. The fourth-order valence-electron chi connectivity index (χ4n) is 5.51. The molecule has 1 amide bonds. The molecule has 3 aromatic carbocycles. The van der Waals surface area contributed by atoms with Crippen LogP contribution in [0.25, 0.3) is 5.57 Å². The average Bonchev–Trinajstić information content (AvgIpc) is 3.45. The molecule has 2 aliphatic rings. The van der Waals surface area contributed by atoms with Gasteiger partial charge in [0, 0.05) is 20.6 Å². The lowest BCUT2D eigenvalue weighted by molar-refractivity contribution is -0.139. The molecule has 0 saturated heterocycles. The van der Waals surface area contributed by atoms with Crippen LogP contribution in [0.1, 0.15) is 36.6 Å². The number of fused-ring (bicyclic) bond motifs is 2. The van der Waals surface area contributed by atoms with Crippen molar-refractivity contribution in [1.82, 2.24) is 4.57 Å². The average molecular weight is 679 g/mol. The number of nitrogens with zero attached hydrogens (tertiary/aromatic N) is 3. The number of amides is 1. The van der Waals surface area contributed by atoms with Crippen LogP contribution in [0.15, 0.2) is 92.3 Å². The lowest BCUT2D eigenvalue weighted by Gasteiger charge is -2.26. The number of hydrogen-bond acceptors (Lipinski definition) is 7. The summed E-state index contributed by atoms with van der Waals surface area (Å²) in [5.41, 5.74) is 3.16. The van der Waals surface area contributed by atoms with Gasteiger partial charge in [0.15, 0.2) is 4.80 Å². The van der Waals surface area contributed by atoms with Gasteiger partial charge >= 0.3 is 5.97 Å². The van der Waals surface area contributed by atoms with E-state index >= 15 is 0 Å². The van der Waals surface area contributed by atoms with Gasteiger partial charge in [-0.15, -0.1) is 0 Å². The van der Waals surface area contributed by atoms with E-state index in [9.17, 15) is 14.4 Å². The molecule has 43 heavy (non-hydrogen) atoms. The van der Waals surface area contributed by atoms with Crippen molar-refractivity contribution in [3.05, 3.63) is 124 Å². The number of methoxy groups -OCH3 is 1. The van der Waals surface area contributed by atoms with Crippen LogP contribution in [-0.4, -0.2) is 30.2 Å². The summed E-state index contributed by atoms with van der Waals surface area (Å²) in [6, 6.07) is 19.2. The Hall–Kier alpha value is -3.99. The zero-order chi connectivity index (χ0) is 30.4. The number of rotatable bonds is 6. The summed E-state index contributed by atoms with van der Waals surface area (Å²) in [5, 5.41) is 0.547. The number of halogens is 2. The van der Waals surface area contributed by atoms with Gasteiger partial charge in [0.05, 0.1) is 42.8 Å². The fraction of sp³-hybridized carbons (Fsp3) is 0.188. The minimum absolute atomic E-state index is 0.152. The second-order valence-electron chi connectivity index (χ2n) is 9.88.